The number of nitrogens with zero attached hydrogens (tertiary/aromatic N) is 4. The molecule has 3 heterocycles. The summed E-state index contributed by atoms with van der Waals surface area (Å²) in [5.74, 6) is 2.81. The maximum Gasteiger partial charge on any atom is 0.253 e. The van der Waals surface area contributed by atoms with Gasteiger partial charge in [-0.25, -0.2) is 0 Å². The molecule has 3 aliphatic rings. The van der Waals surface area contributed by atoms with Gasteiger partial charge in [0.15, 0.2) is 0 Å². The Morgan fingerprint density at radius 3 is 2.22 bits per heavy atom. The molecule has 2 unspecified atom stereocenters. The third-order valence-electron chi connectivity index (χ3n) is 7.06. The second-order valence-electron chi connectivity index (χ2n) is 9.49. The standard InChI is InChI=1S/C30H28N4O2/c1-21(23-9-12-28(31-19-23)29-18-24-17-25(24)20-32-29)33-13-15-34(16-14-33)30(35)22-7-10-27(11-8-22)36-26-5-3-2-4-6-26/h2-12,18-20,24-25H,1,13-17H2. The van der Waals surface area contributed by atoms with Crippen LogP contribution < -0.4 is 4.74 Å². The first-order valence-electron chi connectivity index (χ1n) is 12.4. The van der Waals surface area contributed by atoms with Gasteiger partial charge in [-0.15, -0.1) is 0 Å². The lowest BCUT2D eigenvalue weighted by Crippen LogP contribution is -2.47. The van der Waals surface area contributed by atoms with Gasteiger partial charge in [0.2, 0.25) is 0 Å². The molecule has 1 saturated heterocycles. The number of hydrogen-bond acceptors (Lipinski definition) is 5. The summed E-state index contributed by atoms with van der Waals surface area (Å²) in [6, 6.07) is 21.0. The third kappa shape index (κ3) is 4.67. The van der Waals surface area contributed by atoms with Crippen LogP contribution in [0.25, 0.3) is 11.4 Å². The molecule has 6 nitrogen and oxygen atoms in total. The highest BCUT2D eigenvalue weighted by Gasteiger charge is 2.36. The highest BCUT2D eigenvalue weighted by atomic mass is 16.5. The van der Waals surface area contributed by atoms with E-state index >= 15 is 0 Å². The van der Waals surface area contributed by atoms with Crippen molar-refractivity contribution in [2.24, 2.45) is 16.8 Å². The number of piperazine rings is 1. The van der Waals surface area contributed by atoms with Gasteiger partial charge in [-0.05, 0) is 60.9 Å². The Morgan fingerprint density at radius 1 is 0.833 bits per heavy atom. The quantitative estimate of drug-likeness (QED) is 0.480. The maximum atomic E-state index is 13.0. The average Bonchev–Trinajstić information content (AvgIpc) is 3.73. The van der Waals surface area contributed by atoms with Gasteiger partial charge in [-0.1, -0.05) is 30.9 Å². The molecule has 2 fully saturated rings. The summed E-state index contributed by atoms with van der Waals surface area (Å²) in [5, 5.41) is 0. The first-order valence-corrected chi connectivity index (χ1v) is 12.4. The molecule has 0 bridgehead atoms. The van der Waals surface area contributed by atoms with Gasteiger partial charge in [-0.2, -0.15) is 0 Å². The molecule has 6 heteroatoms. The van der Waals surface area contributed by atoms with E-state index in [9.17, 15) is 4.79 Å². The van der Waals surface area contributed by atoms with Gasteiger partial charge in [0.05, 0.1) is 11.4 Å². The fourth-order valence-electron chi connectivity index (χ4n) is 4.72. The Balaban J connectivity index is 1.03. The molecule has 1 aliphatic carbocycles. The highest BCUT2D eigenvalue weighted by Crippen LogP contribution is 2.43. The van der Waals surface area contributed by atoms with Crippen LogP contribution in [0.4, 0.5) is 0 Å². The van der Waals surface area contributed by atoms with Gasteiger partial charge in [0, 0.05) is 61.3 Å². The summed E-state index contributed by atoms with van der Waals surface area (Å²) < 4.78 is 5.83. The number of ether oxygens (including phenoxy) is 1. The third-order valence-corrected chi connectivity index (χ3v) is 7.06. The van der Waals surface area contributed by atoms with Gasteiger partial charge in [-0.3, -0.25) is 14.8 Å². The van der Waals surface area contributed by atoms with E-state index < -0.39 is 0 Å². The smallest absolute Gasteiger partial charge is 0.253 e. The fourth-order valence-corrected chi connectivity index (χ4v) is 4.72. The molecule has 180 valence electrons. The van der Waals surface area contributed by atoms with Gasteiger partial charge in [0.1, 0.15) is 11.5 Å². The number of rotatable bonds is 6. The molecule has 2 aliphatic heterocycles. The molecule has 2 aromatic carbocycles. The van der Waals surface area contributed by atoms with E-state index in [0.717, 1.165) is 41.5 Å². The molecule has 36 heavy (non-hydrogen) atoms. The maximum absolute atomic E-state index is 13.0. The molecule has 2 atom stereocenters. The van der Waals surface area contributed by atoms with Crippen LogP contribution in [0.2, 0.25) is 0 Å². The van der Waals surface area contributed by atoms with E-state index in [4.69, 9.17) is 4.74 Å². The van der Waals surface area contributed by atoms with Gasteiger partial charge in [0.25, 0.3) is 5.91 Å². The molecule has 0 radical (unpaired) electrons. The first kappa shape index (κ1) is 22.3. The topological polar surface area (TPSA) is 58.0 Å². The van der Waals surface area contributed by atoms with Gasteiger partial charge >= 0.3 is 0 Å². The van der Waals surface area contributed by atoms with E-state index in [2.05, 4.69) is 39.8 Å². The van der Waals surface area contributed by atoms with E-state index in [1.165, 1.54) is 6.42 Å². The van der Waals surface area contributed by atoms with Crippen molar-refractivity contribution in [3.8, 4) is 11.5 Å². The van der Waals surface area contributed by atoms with Crippen molar-refractivity contribution in [2.45, 2.75) is 6.42 Å². The van der Waals surface area contributed by atoms with Crippen molar-refractivity contribution >= 4 is 23.5 Å². The van der Waals surface area contributed by atoms with Crippen LogP contribution in [0.5, 0.6) is 11.5 Å². The Bertz CT molecular complexity index is 1320. The Labute approximate surface area is 211 Å². The van der Waals surface area contributed by atoms with E-state index in [0.29, 0.717) is 36.2 Å². The largest absolute Gasteiger partial charge is 0.457 e. The number of amides is 1. The number of aromatic nitrogens is 1. The summed E-state index contributed by atoms with van der Waals surface area (Å²) in [4.78, 5) is 26.4. The van der Waals surface area contributed by atoms with Crippen LogP contribution >= 0.6 is 0 Å². The molecule has 3 aromatic rings. The normalized spacial score (nSPS) is 20.4. The van der Waals surface area contributed by atoms with Crippen molar-refractivity contribution in [2.75, 3.05) is 26.2 Å². The van der Waals surface area contributed by atoms with Crippen LogP contribution in [0.1, 0.15) is 28.0 Å². The first-order chi connectivity index (χ1) is 17.6. The lowest BCUT2D eigenvalue weighted by molar-refractivity contribution is 0.0686. The minimum absolute atomic E-state index is 0.0387. The predicted octanol–water partition coefficient (Wildman–Crippen LogP) is 5.36. The minimum Gasteiger partial charge on any atom is -0.457 e. The lowest BCUT2D eigenvalue weighted by Gasteiger charge is -2.37. The number of hydrogen-bond donors (Lipinski definition) is 0. The summed E-state index contributed by atoms with van der Waals surface area (Å²) in [5.41, 5.74) is 4.48. The summed E-state index contributed by atoms with van der Waals surface area (Å²) in [7, 11) is 0. The number of fused-ring (bicyclic) bond motifs is 1. The van der Waals surface area contributed by atoms with E-state index in [1.54, 1.807) is 0 Å². The van der Waals surface area contributed by atoms with Crippen molar-refractivity contribution in [1.29, 1.82) is 0 Å². The monoisotopic (exact) mass is 476 g/mol. The Hall–Kier alpha value is -4.19. The Kier molecular flexibility index (Phi) is 5.85. The zero-order chi connectivity index (χ0) is 24.5. The molecular weight excluding hydrogens is 448 g/mol. The number of para-hydroxylation sites is 1. The molecule has 0 N–H and O–H groups in total. The van der Waals surface area contributed by atoms with Crippen molar-refractivity contribution in [1.82, 2.24) is 14.8 Å². The van der Waals surface area contributed by atoms with Crippen LogP contribution in [-0.4, -0.2) is 53.1 Å². The SMILES string of the molecule is C=C(c1ccc(C2=CC3CC3C=N2)nc1)N1CCN(C(=O)c2ccc(Oc3ccccc3)cc2)CC1. The van der Waals surface area contributed by atoms with E-state index in [1.807, 2.05) is 71.8 Å². The predicted molar refractivity (Wildman–Crippen MR) is 142 cm³/mol. The van der Waals surface area contributed by atoms with E-state index in [-0.39, 0.29) is 5.91 Å². The van der Waals surface area contributed by atoms with Crippen LogP contribution in [0.15, 0.2) is 90.6 Å². The number of carbonyl (C=O) groups is 1. The zero-order valence-electron chi connectivity index (χ0n) is 20.1. The number of allylic oxidation sites excluding steroid dienone is 1. The minimum atomic E-state index is 0.0387. The van der Waals surface area contributed by atoms with Crippen LogP contribution in [0.3, 0.4) is 0 Å². The molecule has 1 saturated carbocycles. The fraction of sp³-hybridized carbons (Fsp3) is 0.233. The number of pyridine rings is 1. The van der Waals surface area contributed by atoms with Crippen molar-refractivity contribution in [3.63, 3.8) is 0 Å². The lowest BCUT2D eigenvalue weighted by atomic mass is 10.1. The number of benzene rings is 2. The Morgan fingerprint density at radius 2 is 1.53 bits per heavy atom. The molecule has 0 spiro atoms. The molecular formula is C30H28N4O2. The highest BCUT2D eigenvalue weighted by molar-refractivity contribution is 5.94. The second kappa shape index (κ2) is 9.46. The average molecular weight is 477 g/mol. The van der Waals surface area contributed by atoms with Gasteiger partial charge < -0.3 is 14.5 Å². The second-order valence-corrected chi connectivity index (χ2v) is 9.49. The van der Waals surface area contributed by atoms with Crippen LogP contribution in [-0.2, 0) is 0 Å². The van der Waals surface area contributed by atoms with Crippen molar-refractivity contribution < 1.29 is 9.53 Å². The van der Waals surface area contributed by atoms with Crippen molar-refractivity contribution in [3.05, 3.63) is 102 Å². The number of carbonyl (C=O) groups excluding carboxylic acids is 1. The number of aliphatic imine (C=N–C) groups is 1. The summed E-state index contributed by atoms with van der Waals surface area (Å²) in [6.45, 7) is 7.08. The molecule has 1 amide bonds. The zero-order valence-corrected chi connectivity index (χ0v) is 20.1. The summed E-state index contributed by atoms with van der Waals surface area (Å²) >= 11 is 0. The summed E-state index contributed by atoms with van der Waals surface area (Å²) in [6.07, 6.45) is 7.39. The molecule has 6 rings (SSSR count). The molecule has 1 aromatic heterocycles. The van der Waals surface area contributed by atoms with Crippen LogP contribution in [0, 0.1) is 11.8 Å².